The highest BCUT2D eigenvalue weighted by molar-refractivity contribution is 4.95. The molecule has 0 aliphatic carbocycles. The lowest BCUT2D eigenvalue weighted by atomic mass is 10.5. The van der Waals surface area contributed by atoms with Gasteiger partial charge in [-0.25, -0.2) is 4.39 Å². The first-order valence-corrected chi connectivity index (χ1v) is 2.09. The van der Waals surface area contributed by atoms with Crippen molar-refractivity contribution in [1.82, 2.24) is 4.98 Å². The first-order valence-electron chi connectivity index (χ1n) is 2.09. The summed E-state index contributed by atoms with van der Waals surface area (Å²) >= 11 is 0. The van der Waals surface area contributed by atoms with Crippen LogP contribution in [0.25, 0.3) is 0 Å². The standard InChI is InChI=1S/C5HF3N/c6-3-1-2-4(7)9-5(3)8/h1H. The van der Waals surface area contributed by atoms with Gasteiger partial charge in [-0.15, -0.1) is 0 Å². The SMILES string of the molecule is Fc1[c]cc(F)c(F)n1. The van der Waals surface area contributed by atoms with Crippen molar-refractivity contribution in [2.75, 3.05) is 0 Å². The Morgan fingerprint density at radius 3 is 2.44 bits per heavy atom. The summed E-state index contributed by atoms with van der Waals surface area (Å²) in [6, 6.07) is 2.30. The minimum absolute atomic E-state index is 0.553. The summed E-state index contributed by atoms with van der Waals surface area (Å²) < 4.78 is 35.5. The second-order valence-electron chi connectivity index (χ2n) is 1.33. The van der Waals surface area contributed by atoms with Crippen LogP contribution in [0.4, 0.5) is 13.2 Å². The Bertz CT molecular complexity index is 223. The molecule has 1 aromatic rings. The van der Waals surface area contributed by atoms with Gasteiger partial charge >= 0.3 is 0 Å². The molecule has 1 rings (SSSR count). The Kier molecular flexibility index (Phi) is 1.38. The van der Waals surface area contributed by atoms with E-state index in [1.54, 1.807) is 6.07 Å². The molecule has 0 fully saturated rings. The van der Waals surface area contributed by atoms with Gasteiger partial charge in [-0.2, -0.15) is 13.8 Å². The molecular formula is C5HF3N. The van der Waals surface area contributed by atoms with Gasteiger partial charge in [-0.3, -0.25) is 0 Å². The molecule has 0 aliphatic heterocycles. The molecule has 0 aliphatic rings. The summed E-state index contributed by atoms with van der Waals surface area (Å²) in [6.07, 6.45) is 0. The van der Waals surface area contributed by atoms with Crippen LogP contribution in [0.2, 0.25) is 0 Å². The Balaban J connectivity index is 3.17. The number of rotatable bonds is 0. The second-order valence-corrected chi connectivity index (χ2v) is 1.33. The number of halogens is 3. The summed E-state index contributed by atoms with van der Waals surface area (Å²) in [5.74, 6) is -3.78. The normalized spacial score (nSPS) is 9.67. The van der Waals surface area contributed by atoms with Crippen molar-refractivity contribution in [1.29, 1.82) is 0 Å². The van der Waals surface area contributed by atoms with E-state index in [9.17, 15) is 13.2 Å². The van der Waals surface area contributed by atoms with Gasteiger partial charge in [0, 0.05) is 6.07 Å². The predicted octanol–water partition coefficient (Wildman–Crippen LogP) is 1.30. The predicted molar refractivity (Wildman–Crippen MR) is 22.9 cm³/mol. The smallest absolute Gasteiger partial charge is 0.202 e. The average Bonchev–Trinajstić information content (AvgIpc) is 1.80. The lowest BCUT2D eigenvalue weighted by molar-refractivity contribution is 0.446. The van der Waals surface area contributed by atoms with Crippen molar-refractivity contribution in [2.45, 2.75) is 0 Å². The highest BCUT2D eigenvalue weighted by Gasteiger charge is 2.02. The zero-order chi connectivity index (χ0) is 6.85. The molecule has 0 bridgehead atoms. The molecule has 47 valence electrons. The summed E-state index contributed by atoms with van der Waals surface area (Å²) in [5, 5.41) is 0. The molecule has 1 aromatic heterocycles. The Morgan fingerprint density at radius 1 is 1.33 bits per heavy atom. The summed E-state index contributed by atoms with van der Waals surface area (Å²) in [4.78, 5) is 2.51. The van der Waals surface area contributed by atoms with Crippen LogP contribution in [0.5, 0.6) is 0 Å². The summed E-state index contributed by atoms with van der Waals surface area (Å²) in [5.41, 5.74) is 0. The number of nitrogens with zero attached hydrogens (tertiary/aromatic N) is 1. The number of hydrogen-bond donors (Lipinski definition) is 0. The van der Waals surface area contributed by atoms with Crippen LogP contribution in [0.3, 0.4) is 0 Å². The maximum atomic E-state index is 11.9. The number of hydrogen-bond acceptors (Lipinski definition) is 1. The third-order valence-electron chi connectivity index (χ3n) is 0.711. The molecule has 0 amide bonds. The molecule has 4 heteroatoms. The number of aromatic nitrogens is 1. The van der Waals surface area contributed by atoms with Crippen molar-refractivity contribution >= 4 is 0 Å². The van der Waals surface area contributed by atoms with Crippen LogP contribution in [0.15, 0.2) is 6.07 Å². The van der Waals surface area contributed by atoms with Gasteiger partial charge in [-0.1, -0.05) is 0 Å². The van der Waals surface area contributed by atoms with Crippen LogP contribution >= 0.6 is 0 Å². The van der Waals surface area contributed by atoms with E-state index in [0.717, 1.165) is 0 Å². The van der Waals surface area contributed by atoms with Crippen molar-refractivity contribution in [3.8, 4) is 0 Å². The van der Waals surface area contributed by atoms with Crippen molar-refractivity contribution in [3.05, 3.63) is 29.8 Å². The molecule has 0 N–H and O–H groups in total. The minimum Gasteiger partial charge on any atom is -0.202 e. The van der Waals surface area contributed by atoms with Gasteiger partial charge < -0.3 is 0 Å². The third kappa shape index (κ3) is 1.19. The Hall–Kier alpha value is -1.06. The molecule has 0 atom stereocenters. The van der Waals surface area contributed by atoms with Crippen LogP contribution in [-0.2, 0) is 0 Å². The molecule has 1 heterocycles. The van der Waals surface area contributed by atoms with Gasteiger partial charge in [0.1, 0.15) is 0 Å². The zero-order valence-corrected chi connectivity index (χ0v) is 4.16. The monoisotopic (exact) mass is 132 g/mol. The zero-order valence-electron chi connectivity index (χ0n) is 4.16. The fourth-order valence-corrected chi connectivity index (χ4v) is 0.354. The van der Waals surface area contributed by atoms with E-state index in [1.807, 2.05) is 0 Å². The highest BCUT2D eigenvalue weighted by atomic mass is 19.2. The van der Waals surface area contributed by atoms with Crippen LogP contribution in [-0.4, -0.2) is 4.98 Å². The average molecular weight is 132 g/mol. The first-order chi connectivity index (χ1) is 4.20. The topological polar surface area (TPSA) is 12.9 Å². The van der Waals surface area contributed by atoms with E-state index in [2.05, 4.69) is 4.98 Å². The quantitative estimate of drug-likeness (QED) is 0.485. The van der Waals surface area contributed by atoms with Gasteiger partial charge in [0.15, 0.2) is 5.82 Å². The summed E-state index contributed by atoms with van der Waals surface area (Å²) in [7, 11) is 0. The van der Waals surface area contributed by atoms with Crippen molar-refractivity contribution < 1.29 is 13.2 Å². The molecule has 1 nitrogen and oxygen atoms in total. The summed E-state index contributed by atoms with van der Waals surface area (Å²) in [6.45, 7) is 0. The lowest BCUT2D eigenvalue weighted by Crippen LogP contribution is -1.91. The lowest BCUT2D eigenvalue weighted by Gasteiger charge is -1.87. The molecule has 0 saturated carbocycles. The fourth-order valence-electron chi connectivity index (χ4n) is 0.354. The van der Waals surface area contributed by atoms with Gasteiger partial charge in [0.2, 0.25) is 5.95 Å². The van der Waals surface area contributed by atoms with Gasteiger partial charge in [0.25, 0.3) is 5.95 Å². The van der Waals surface area contributed by atoms with Crippen LogP contribution < -0.4 is 0 Å². The molecule has 0 spiro atoms. The molecule has 0 aromatic carbocycles. The van der Waals surface area contributed by atoms with E-state index in [4.69, 9.17) is 0 Å². The van der Waals surface area contributed by atoms with E-state index >= 15 is 0 Å². The second kappa shape index (κ2) is 2.05. The fraction of sp³-hybridized carbons (Fsp3) is 0. The van der Waals surface area contributed by atoms with Crippen LogP contribution in [0.1, 0.15) is 0 Å². The molecule has 1 radical (unpaired) electrons. The maximum Gasteiger partial charge on any atom is 0.251 e. The van der Waals surface area contributed by atoms with E-state index < -0.39 is 17.7 Å². The van der Waals surface area contributed by atoms with E-state index in [1.165, 1.54) is 0 Å². The van der Waals surface area contributed by atoms with E-state index in [0.29, 0.717) is 6.07 Å². The van der Waals surface area contributed by atoms with Gasteiger partial charge in [-0.05, 0) is 6.07 Å². The molecule has 0 saturated heterocycles. The maximum absolute atomic E-state index is 11.9. The van der Waals surface area contributed by atoms with Crippen molar-refractivity contribution in [3.63, 3.8) is 0 Å². The minimum atomic E-state index is -1.44. The van der Waals surface area contributed by atoms with Crippen LogP contribution in [0, 0.1) is 23.8 Å². The third-order valence-corrected chi connectivity index (χ3v) is 0.711. The molecule has 0 unspecified atom stereocenters. The Labute approximate surface area is 49.1 Å². The molecule has 9 heavy (non-hydrogen) atoms. The Morgan fingerprint density at radius 2 is 2.00 bits per heavy atom. The number of pyridine rings is 1. The highest BCUT2D eigenvalue weighted by Crippen LogP contribution is 2.00. The largest absolute Gasteiger partial charge is 0.251 e. The van der Waals surface area contributed by atoms with Crippen molar-refractivity contribution in [2.24, 2.45) is 0 Å². The van der Waals surface area contributed by atoms with Gasteiger partial charge in [0.05, 0.1) is 0 Å². The van der Waals surface area contributed by atoms with E-state index in [-0.39, 0.29) is 0 Å². The molecular weight excluding hydrogens is 131 g/mol. The first kappa shape index (κ1) is 6.07.